The van der Waals surface area contributed by atoms with Crippen LogP contribution in [0, 0.1) is 5.92 Å². The number of rotatable bonds is 10. The number of hydrogen-bond donors (Lipinski definition) is 2. The standard InChI is InChI=1S/C17H36N4O3S/c1-5-18-17(19-8-7-16(15(3)4)24-6-2)20-9-10-21-11-13-25(22,23)14-12-21/h15-16H,5-14H2,1-4H3,(H2,18,19,20). The molecule has 1 atom stereocenters. The Labute approximate surface area is 153 Å². The van der Waals surface area contributed by atoms with Crippen LogP contribution in [0.1, 0.15) is 34.1 Å². The average molecular weight is 377 g/mol. The molecule has 148 valence electrons. The second-order valence-electron chi connectivity index (χ2n) is 6.71. The van der Waals surface area contributed by atoms with Gasteiger partial charge in [0, 0.05) is 45.9 Å². The van der Waals surface area contributed by atoms with E-state index in [9.17, 15) is 8.42 Å². The van der Waals surface area contributed by atoms with Gasteiger partial charge in [0.1, 0.15) is 0 Å². The van der Waals surface area contributed by atoms with Crippen LogP contribution in [0.15, 0.2) is 4.99 Å². The summed E-state index contributed by atoms with van der Waals surface area (Å²) in [6.07, 6.45) is 1.15. The molecule has 0 saturated carbocycles. The van der Waals surface area contributed by atoms with Crippen LogP contribution >= 0.6 is 0 Å². The maximum Gasteiger partial charge on any atom is 0.191 e. The van der Waals surface area contributed by atoms with Crippen LogP contribution < -0.4 is 10.6 Å². The lowest BCUT2D eigenvalue weighted by Gasteiger charge is -2.26. The van der Waals surface area contributed by atoms with E-state index in [0.29, 0.717) is 19.0 Å². The Balaban J connectivity index is 2.35. The molecule has 8 heteroatoms. The number of aliphatic imine (C=N–C) groups is 1. The van der Waals surface area contributed by atoms with E-state index in [4.69, 9.17) is 4.74 Å². The van der Waals surface area contributed by atoms with Gasteiger partial charge in [-0.05, 0) is 26.2 Å². The van der Waals surface area contributed by atoms with Crippen LogP contribution in [0.2, 0.25) is 0 Å². The SMILES string of the molecule is CCNC(=NCCC(OCC)C(C)C)NCCN1CCS(=O)(=O)CC1. The maximum absolute atomic E-state index is 11.4. The summed E-state index contributed by atoms with van der Waals surface area (Å²) in [5.74, 6) is 1.84. The van der Waals surface area contributed by atoms with Gasteiger partial charge in [0.05, 0.1) is 17.6 Å². The molecule has 1 aliphatic heterocycles. The van der Waals surface area contributed by atoms with Crippen molar-refractivity contribution in [3.8, 4) is 0 Å². The zero-order valence-electron chi connectivity index (χ0n) is 16.3. The van der Waals surface area contributed by atoms with E-state index in [0.717, 1.165) is 45.2 Å². The Morgan fingerprint density at radius 3 is 2.44 bits per heavy atom. The molecule has 1 fully saturated rings. The first-order valence-electron chi connectivity index (χ1n) is 9.44. The molecule has 1 saturated heterocycles. The highest BCUT2D eigenvalue weighted by Gasteiger charge is 2.21. The van der Waals surface area contributed by atoms with E-state index in [1.165, 1.54) is 0 Å². The van der Waals surface area contributed by atoms with Crippen molar-refractivity contribution in [1.82, 2.24) is 15.5 Å². The molecule has 0 aliphatic carbocycles. The largest absolute Gasteiger partial charge is 0.378 e. The molecule has 1 rings (SSSR count). The lowest BCUT2D eigenvalue weighted by Crippen LogP contribution is -2.46. The molecule has 0 bridgehead atoms. The smallest absolute Gasteiger partial charge is 0.191 e. The normalized spacial score (nSPS) is 19.8. The minimum Gasteiger partial charge on any atom is -0.378 e. The Kier molecular flexibility index (Phi) is 10.4. The van der Waals surface area contributed by atoms with Crippen molar-refractivity contribution >= 4 is 15.8 Å². The summed E-state index contributed by atoms with van der Waals surface area (Å²) < 4.78 is 28.7. The third-order valence-corrected chi connectivity index (χ3v) is 5.92. The Hall–Kier alpha value is -0.860. The molecule has 1 heterocycles. The number of nitrogens with one attached hydrogen (secondary N) is 2. The Morgan fingerprint density at radius 2 is 1.88 bits per heavy atom. The summed E-state index contributed by atoms with van der Waals surface area (Å²) in [5, 5.41) is 6.58. The van der Waals surface area contributed by atoms with E-state index < -0.39 is 9.84 Å². The van der Waals surface area contributed by atoms with Gasteiger partial charge in [-0.3, -0.25) is 9.89 Å². The minimum atomic E-state index is -2.81. The van der Waals surface area contributed by atoms with E-state index in [1.807, 2.05) is 13.8 Å². The highest BCUT2D eigenvalue weighted by Crippen LogP contribution is 2.10. The summed E-state index contributed by atoms with van der Waals surface area (Å²) in [4.78, 5) is 6.81. The zero-order chi connectivity index (χ0) is 18.7. The van der Waals surface area contributed by atoms with Gasteiger partial charge < -0.3 is 15.4 Å². The lowest BCUT2D eigenvalue weighted by molar-refractivity contribution is 0.0266. The fourth-order valence-electron chi connectivity index (χ4n) is 2.77. The van der Waals surface area contributed by atoms with Gasteiger partial charge in [-0.2, -0.15) is 0 Å². The molecule has 1 aliphatic rings. The predicted octanol–water partition coefficient (Wildman–Crippen LogP) is 0.723. The van der Waals surface area contributed by atoms with Crippen molar-refractivity contribution in [2.45, 2.75) is 40.2 Å². The molecule has 0 amide bonds. The van der Waals surface area contributed by atoms with Crippen LogP contribution in [0.25, 0.3) is 0 Å². The summed E-state index contributed by atoms with van der Waals surface area (Å²) in [6, 6.07) is 0. The van der Waals surface area contributed by atoms with E-state index in [-0.39, 0.29) is 17.6 Å². The Morgan fingerprint density at radius 1 is 1.20 bits per heavy atom. The molecule has 0 aromatic heterocycles. The quantitative estimate of drug-likeness (QED) is 0.432. The molecule has 7 nitrogen and oxygen atoms in total. The lowest BCUT2D eigenvalue weighted by atomic mass is 10.0. The summed E-state index contributed by atoms with van der Waals surface area (Å²) >= 11 is 0. The zero-order valence-corrected chi connectivity index (χ0v) is 17.1. The second-order valence-corrected chi connectivity index (χ2v) is 9.01. The summed E-state index contributed by atoms with van der Waals surface area (Å²) in [7, 11) is -2.81. The van der Waals surface area contributed by atoms with E-state index in [2.05, 4.69) is 34.4 Å². The van der Waals surface area contributed by atoms with Gasteiger partial charge in [-0.25, -0.2) is 8.42 Å². The van der Waals surface area contributed by atoms with Crippen molar-refractivity contribution in [2.24, 2.45) is 10.9 Å². The van der Waals surface area contributed by atoms with Crippen LogP contribution in [0.4, 0.5) is 0 Å². The summed E-state index contributed by atoms with van der Waals surface area (Å²) in [6.45, 7) is 13.5. The Bertz CT molecular complexity index is 480. The number of hydrogen-bond acceptors (Lipinski definition) is 5. The molecule has 0 radical (unpaired) electrons. The molecule has 2 N–H and O–H groups in total. The van der Waals surface area contributed by atoms with Crippen molar-refractivity contribution in [3.63, 3.8) is 0 Å². The fraction of sp³-hybridized carbons (Fsp3) is 0.941. The van der Waals surface area contributed by atoms with Crippen LogP contribution in [-0.2, 0) is 14.6 Å². The number of sulfone groups is 1. The maximum atomic E-state index is 11.4. The molecular formula is C17H36N4O3S. The van der Waals surface area contributed by atoms with Crippen molar-refractivity contribution in [2.75, 3.05) is 57.4 Å². The topological polar surface area (TPSA) is 83.0 Å². The van der Waals surface area contributed by atoms with Gasteiger partial charge in [-0.1, -0.05) is 13.8 Å². The van der Waals surface area contributed by atoms with Crippen molar-refractivity contribution in [1.29, 1.82) is 0 Å². The third-order valence-electron chi connectivity index (χ3n) is 4.31. The van der Waals surface area contributed by atoms with Crippen LogP contribution in [-0.4, -0.2) is 82.8 Å². The number of nitrogens with zero attached hydrogens (tertiary/aromatic N) is 2. The first-order valence-corrected chi connectivity index (χ1v) is 11.3. The van der Waals surface area contributed by atoms with Crippen LogP contribution in [0.3, 0.4) is 0 Å². The molecule has 0 aromatic carbocycles. The number of guanidine groups is 1. The highest BCUT2D eigenvalue weighted by molar-refractivity contribution is 7.91. The second kappa shape index (κ2) is 11.7. The summed E-state index contributed by atoms with van der Waals surface area (Å²) in [5.41, 5.74) is 0. The third kappa shape index (κ3) is 9.42. The number of ether oxygens (including phenoxy) is 1. The predicted molar refractivity (Wildman–Crippen MR) is 104 cm³/mol. The average Bonchev–Trinajstić information content (AvgIpc) is 2.55. The first-order chi connectivity index (χ1) is 11.9. The van der Waals surface area contributed by atoms with Gasteiger partial charge in [0.25, 0.3) is 0 Å². The highest BCUT2D eigenvalue weighted by atomic mass is 32.2. The van der Waals surface area contributed by atoms with Gasteiger partial charge in [-0.15, -0.1) is 0 Å². The molecule has 1 unspecified atom stereocenters. The van der Waals surface area contributed by atoms with Crippen molar-refractivity contribution in [3.05, 3.63) is 0 Å². The minimum absolute atomic E-state index is 0.243. The molecular weight excluding hydrogens is 340 g/mol. The van der Waals surface area contributed by atoms with E-state index >= 15 is 0 Å². The molecule has 25 heavy (non-hydrogen) atoms. The van der Waals surface area contributed by atoms with E-state index in [1.54, 1.807) is 0 Å². The van der Waals surface area contributed by atoms with Crippen molar-refractivity contribution < 1.29 is 13.2 Å². The molecule has 0 aromatic rings. The van der Waals surface area contributed by atoms with Crippen LogP contribution in [0.5, 0.6) is 0 Å². The first kappa shape index (κ1) is 22.2. The van der Waals surface area contributed by atoms with Gasteiger partial charge >= 0.3 is 0 Å². The molecule has 0 spiro atoms. The monoisotopic (exact) mass is 376 g/mol. The fourth-order valence-corrected chi connectivity index (χ4v) is 4.05. The van der Waals surface area contributed by atoms with Gasteiger partial charge in [0.2, 0.25) is 0 Å². The van der Waals surface area contributed by atoms with Gasteiger partial charge in [0.15, 0.2) is 15.8 Å².